The number of morpholine rings is 1. The SMILES string of the molecule is CN(Cc1cc2nc(-c3cnc(N)nc3)nc(N3CCOCC3)c2s1)C(=O)CN1CCC(CS(=O)O)C1. The van der Waals surface area contributed by atoms with Gasteiger partial charge < -0.3 is 24.8 Å². The number of hydrogen-bond acceptors (Lipinski definition) is 11. The van der Waals surface area contributed by atoms with Crippen LogP contribution in [0.5, 0.6) is 0 Å². The third-order valence-corrected chi connectivity index (χ3v) is 8.43. The predicted molar refractivity (Wildman–Crippen MR) is 143 cm³/mol. The Kier molecular flexibility index (Phi) is 7.90. The van der Waals surface area contributed by atoms with Crippen molar-refractivity contribution >= 4 is 50.3 Å². The fraction of sp³-hybridized carbons (Fsp3) is 0.522. The number of nitrogens with two attached hydrogens (primary N) is 1. The number of fused-ring (bicyclic) bond motifs is 1. The summed E-state index contributed by atoms with van der Waals surface area (Å²) in [6, 6.07) is 2.01. The Morgan fingerprint density at radius 1 is 1.27 bits per heavy atom. The topological polar surface area (TPSA) is 151 Å². The molecule has 3 aromatic heterocycles. The van der Waals surface area contributed by atoms with Crippen molar-refractivity contribution in [2.75, 3.05) is 69.4 Å². The summed E-state index contributed by atoms with van der Waals surface area (Å²) in [6.45, 7) is 4.92. The number of hydrogen-bond donors (Lipinski definition) is 2. The van der Waals surface area contributed by atoms with Gasteiger partial charge in [0.25, 0.3) is 0 Å². The zero-order valence-corrected chi connectivity index (χ0v) is 22.2. The molecule has 12 nitrogen and oxygen atoms in total. The van der Waals surface area contributed by atoms with Gasteiger partial charge in [-0.2, -0.15) is 0 Å². The molecule has 0 aromatic carbocycles. The molecule has 14 heteroatoms. The molecule has 0 aliphatic carbocycles. The van der Waals surface area contributed by atoms with Crippen LogP contribution in [0.3, 0.4) is 0 Å². The van der Waals surface area contributed by atoms with E-state index >= 15 is 0 Å². The highest BCUT2D eigenvalue weighted by atomic mass is 32.2. The van der Waals surface area contributed by atoms with Crippen molar-refractivity contribution in [2.45, 2.75) is 13.0 Å². The van der Waals surface area contributed by atoms with E-state index in [0.717, 1.165) is 47.0 Å². The van der Waals surface area contributed by atoms with Crippen LogP contribution in [0.4, 0.5) is 11.8 Å². The molecule has 198 valence electrons. The number of amides is 1. The zero-order valence-electron chi connectivity index (χ0n) is 20.6. The zero-order chi connectivity index (χ0) is 25.9. The molecule has 5 rings (SSSR count). The van der Waals surface area contributed by atoms with Gasteiger partial charge in [-0.3, -0.25) is 9.69 Å². The third kappa shape index (κ3) is 6.21. The quantitative estimate of drug-likeness (QED) is 0.390. The van der Waals surface area contributed by atoms with E-state index in [1.54, 1.807) is 35.7 Å². The molecular formula is C23H30N8O4S2. The number of carbonyl (C=O) groups is 1. The van der Waals surface area contributed by atoms with E-state index in [9.17, 15) is 9.00 Å². The molecule has 0 saturated carbocycles. The van der Waals surface area contributed by atoms with Gasteiger partial charge in [-0.15, -0.1) is 11.3 Å². The van der Waals surface area contributed by atoms with Gasteiger partial charge in [0, 0.05) is 44.0 Å². The fourth-order valence-electron chi connectivity index (χ4n) is 4.64. The lowest BCUT2D eigenvalue weighted by Crippen LogP contribution is -2.37. The first-order valence-electron chi connectivity index (χ1n) is 12.1. The predicted octanol–water partition coefficient (Wildman–Crippen LogP) is 1.07. The van der Waals surface area contributed by atoms with Gasteiger partial charge in [-0.05, 0) is 24.9 Å². The maximum absolute atomic E-state index is 12.9. The van der Waals surface area contributed by atoms with Crippen molar-refractivity contribution < 1.29 is 18.3 Å². The molecule has 0 spiro atoms. The molecule has 2 unspecified atom stereocenters. The Hall–Kier alpha value is -2.78. The Balaban J connectivity index is 1.34. The highest BCUT2D eigenvalue weighted by Crippen LogP contribution is 2.35. The van der Waals surface area contributed by atoms with Crippen LogP contribution in [-0.2, 0) is 27.2 Å². The van der Waals surface area contributed by atoms with E-state index in [4.69, 9.17) is 25.0 Å². The second kappa shape index (κ2) is 11.3. The summed E-state index contributed by atoms with van der Waals surface area (Å²) in [5.74, 6) is 1.99. The van der Waals surface area contributed by atoms with Crippen molar-refractivity contribution in [1.82, 2.24) is 29.7 Å². The number of likely N-dealkylation sites (tertiary alicyclic amines) is 1. The number of likely N-dealkylation sites (N-methyl/N-ethyl adjacent to an activating group) is 1. The Labute approximate surface area is 221 Å². The van der Waals surface area contributed by atoms with Gasteiger partial charge in [0.2, 0.25) is 11.9 Å². The molecule has 0 bridgehead atoms. The standard InChI is InChI=1S/C23H30N8O4S2/c1-29(19(32)13-30-3-2-15(11-30)14-37(33)34)12-17-8-18-20(36-17)22(31-4-6-35-7-5-31)28-21(27-18)16-9-25-23(24)26-10-16/h8-10,15H,2-7,11-14H2,1H3,(H,33,34)(H2,24,25,26). The lowest BCUT2D eigenvalue weighted by Gasteiger charge is -2.28. The van der Waals surface area contributed by atoms with Crippen LogP contribution in [0.2, 0.25) is 0 Å². The van der Waals surface area contributed by atoms with Gasteiger partial charge in [-0.25, -0.2) is 24.1 Å². The number of ether oxygens (including phenoxy) is 1. The molecule has 3 N–H and O–H groups in total. The molecule has 37 heavy (non-hydrogen) atoms. The molecule has 5 heterocycles. The lowest BCUT2D eigenvalue weighted by atomic mass is 10.2. The van der Waals surface area contributed by atoms with Crippen molar-refractivity contribution in [2.24, 2.45) is 5.92 Å². The monoisotopic (exact) mass is 546 g/mol. The number of nitrogen functional groups attached to an aromatic ring is 1. The summed E-state index contributed by atoms with van der Waals surface area (Å²) in [5.41, 5.74) is 7.14. The molecule has 2 atom stereocenters. The summed E-state index contributed by atoms with van der Waals surface area (Å²) in [6.07, 6.45) is 4.07. The minimum Gasteiger partial charge on any atom is -0.378 e. The first-order chi connectivity index (χ1) is 17.9. The molecule has 2 aliphatic rings. The van der Waals surface area contributed by atoms with Gasteiger partial charge in [0.05, 0.1) is 47.8 Å². The maximum Gasteiger partial charge on any atom is 0.236 e. The molecule has 0 radical (unpaired) electrons. The van der Waals surface area contributed by atoms with Crippen LogP contribution in [0.1, 0.15) is 11.3 Å². The molecule has 2 aliphatic heterocycles. The van der Waals surface area contributed by atoms with E-state index in [0.29, 0.717) is 44.2 Å². The normalized spacial score (nSPS) is 19.4. The van der Waals surface area contributed by atoms with E-state index in [1.807, 2.05) is 6.07 Å². The average Bonchev–Trinajstić information content (AvgIpc) is 3.49. The molecular weight excluding hydrogens is 516 g/mol. The first kappa shape index (κ1) is 25.9. The van der Waals surface area contributed by atoms with Gasteiger partial charge in [0.15, 0.2) is 22.7 Å². The van der Waals surface area contributed by atoms with E-state index < -0.39 is 11.1 Å². The second-order valence-electron chi connectivity index (χ2n) is 9.36. The van der Waals surface area contributed by atoms with Crippen molar-refractivity contribution in [3.8, 4) is 11.4 Å². The number of anilines is 2. The van der Waals surface area contributed by atoms with Gasteiger partial charge >= 0.3 is 0 Å². The van der Waals surface area contributed by atoms with Crippen molar-refractivity contribution in [3.63, 3.8) is 0 Å². The lowest BCUT2D eigenvalue weighted by molar-refractivity contribution is -0.131. The largest absolute Gasteiger partial charge is 0.378 e. The van der Waals surface area contributed by atoms with Crippen LogP contribution < -0.4 is 10.6 Å². The average molecular weight is 547 g/mol. The molecule has 3 aromatic rings. The molecule has 2 fully saturated rings. The summed E-state index contributed by atoms with van der Waals surface area (Å²) in [4.78, 5) is 37.7. The van der Waals surface area contributed by atoms with Gasteiger partial charge in [-0.1, -0.05) is 0 Å². The Morgan fingerprint density at radius 2 is 2.03 bits per heavy atom. The number of rotatable bonds is 8. The second-order valence-corrected chi connectivity index (χ2v) is 11.5. The first-order valence-corrected chi connectivity index (χ1v) is 14.2. The number of carbonyl (C=O) groups excluding carboxylic acids is 1. The molecule has 1 amide bonds. The Morgan fingerprint density at radius 3 is 2.76 bits per heavy atom. The number of nitrogens with zero attached hydrogens (tertiary/aromatic N) is 7. The van der Waals surface area contributed by atoms with E-state index in [1.165, 1.54) is 0 Å². The number of thiophene rings is 1. The maximum atomic E-state index is 12.9. The third-order valence-electron chi connectivity index (χ3n) is 6.57. The minimum atomic E-state index is -1.80. The highest BCUT2D eigenvalue weighted by Gasteiger charge is 2.27. The summed E-state index contributed by atoms with van der Waals surface area (Å²) in [7, 11) is 1.80. The Bertz CT molecular complexity index is 1280. The molecule has 2 saturated heterocycles. The minimum absolute atomic E-state index is 0.0161. The highest BCUT2D eigenvalue weighted by molar-refractivity contribution is 7.79. The number of aromatic nitrogens is 4. The fourth-order valence-corrected chi connectivity index (χ4v) is 6.48. The van der Waals surface area contributed by atoms with Crippen LogP contribution in [0.15, 0.2) is 18.5 Å². The van der Waals surface area contributed by atoms with Gasteiger partial charge in [0.1, 0.15) is 0 Å². The summed E-state index contributed by atoms with van der Waals surface area (Å²) in [5, 5.41) is 0. The van der Waals surface area contributed by atoms with E-state index in [-0.39, 0.29) is 23.5 Å². The summed E-state index contributed by atoms with van der Waals surface area (Å²) >= 11 is -0.208. The van der Waals surface area contributed by atoms with Crippen LogP contribution in [-0.4, -0.2) is 103 Å². The summed E-state index contributed by atoms with van der Waals surface area (Å²) < 4.78 is 26.7. The van der Waals surface area contributed by atoms with Crippen molar-refractivity contribution in [3.05, 3.63) is 23.3 Å². The van der Waals surface area contributed by atoms with Crippen LogP contribution in [0.25, 0.3) is 21.6 Å². The van der Waals surface area contributed by atoms with Crippen LogP contribution in [0, 0.1) is 5.92 Å². The van der Waals surface area contributed by atoms with Crippen molar-refractivity contribution in [1.29, 1.82) is 0 Å². The van der Waals surface area contributed by atoms with Crippen LogP contribution >= 0.6 is 11.3 Å². The van der Waals surface area contributed by atoms with E-state index in [2.05, 4.69) is 19.8 Å². The smallest absolute Gasteiger partial charge is 0.236 e.